The molecule has 1 aliphatic carbocycles. The predicted molar refractivity (Wildman–Crippen MR) is 70.9 cm³/mol. The first-order chi connectivity index (χ1) is 8.24. The quantitative estimate of drug-likeness (QED) is 0.900. The largest absolute Gasteiger partial charge is 0.338 e. The molecule has 2 amide bonds. The first-order valence-corrected chi connectivity index (χ1v) is 6.70. The van der Waals surface area contributed by atoms with E-state index in [2.05, 4.69) is 31.5 Å². The van der Waals surface area contributed by atoms with Crippen LogP contribution in [0.1, 0.15) is 25.7 Å². The Labute approximate surface area is 109 Å². The van der Waals surface area contributed by atoms with Crippen LogP contribution in [-0.4, -0.2) is 17.6 Å². The molecule has 4 nitrogen and oxygen atoms in total. The summed E-state index contributed by atoms with van der Waals surface area (Å²) in [7, 11) is 0. The topological polar surface area (TPSA) is 54.0 Å². The number of nitrogens with zero attached hydrogens (tertiary/aromatic N) is 1. The standard InChI is InChI=1S/C12H16BrN3O/c13-10-5-6-11(14-8-10)16-12(17)15-7-9-3-1-2-4-9/h5-6,8-9H,1-4,7H2,(H2,14,15,16,17). The number of pyridine rings is 1. The second-order valence-electron chi connectivity index (χ2n) is 4.35. The summed E-state index contributed by atoms with van der Waals surface area (Å²) >= 11 is 3.30. The first-order valence-electron chi connectivity index (χ1n) is 5.90. The van der Waals surface area contributed by atoms with E-state index in [9.17, 15) is 4.79 Å². The number of rotatable bonds is 3. The van der Waals surface area contributed by atoms with Gasteiger partial charge in [-0.05, 0) is 46.8 Å². The van der Waals surface area contributed by atoms with Crippen LogP contribution in [0.3, 0.4) is 0 Å². The highest BCUT2D eigenvalue weighted by Gasteiger charge is 2.15. The predicted octanol–water partition coefficient (Wildman–Crippen LogP) is 3.16. The molecule has 1 fully saturated rings. The lowest BCUT2D eigenvalue weighted by molar-refractivity contribution is 0.250. The molecular formula is C12H16BrN3O. The molecule has 0 unspecified atom stereocenters. The van der Waals surface area contributed by atoms with Crippen molar-refractivity contribution in [1.29, 1.82) is 0 Å². The molecule has 1 heterocycles. The van der Waals surface area contributed by atoms with E-state index in [4.69, 9.17) is 0 Å². The number of carbonyl (C=O) groups excluding carboxylic acids is 1. The number of nitrogens with one attached hydrogen (secondary N) is 2. The molecule has 0 aromatic carbocycles. The van der Waals surface area contributed by atoms with Crippen molar-refractivity contribution in [2.75, 3.05) is 11.9 Å². The number of amides is 2. The lowest BCUT2D eigenvalue weighted by atomic mass is 10.1. The van der Waals surface area contributed by atoms with Gasteiger partial charge in [-0.15, -0.1) is 0 Å². The molecule has 0 atom stereocenters. The minimum absolute atomic E-state index is 0.174. The third kappa shape index (κ3) is 4.00. The minimum atomic E-state index is -0.174. The van der Waals surface area contributed by atoms with Gasteiger partial charge in [0.15, 0.2) is 0 Å². The Bertz CT molecular complexity index is 374. The fraction of sp³-hybridized carbons (Fsp3) is 0.500. The van der Waals surface area contributed by atoms with E-state index in [-0.39, 0.29) is 6.03 Å². The van der Waals surface area contributed by atoms with Gasteiger partial charge in [-0.2, -0.15) is 0 Å². The Morgan fingerprint density at radius 1 is 1.41 bits per heavy atom. The van der Waals surface area contributed by atoms with Gasteiger partial charge in [0, 0.05) is 17.2 Å². The van der Waals surface area contributed by atoms with Crippen LogP contribution in [0.25, 0.3) is 0 Å². The van der Waals surface area contributed by atoms with E-state index < -0.39 is 0 Å². The van der Waals surface area contributed by atoms with Crippen LogP contribution in [0.4, 0.5) is 10.6 Å². The summed E-state index contributed by atoms with van der Waals surface area (Å²) in [6, 6.07) is 3.44. The molecule has 0 aliphatic heterocycles. The van der Waals surface area contributed by atoms with Gasteiger partial charge in [-0.25, -0.2) is 9.78 Å². The Morgan fingerprint density at radius 2 is 2.18 bits per heavy atom. The Balaban J connectivity index is 1.74. The van der Waals surface area contributed by atoms with Crippen molar-refractivity contribution in [2.24, 2.45) is 5.92 Å². The van der Waals surface area contributed by atoms with E-state index in [0.29, 0.717) is 11.7 Å². The van der Waals surface area contributed by atoms with Gasteiger partial charge in [0.05, 0.1) is 0 Å². The molecule has 2 N–H and O–H groups in total. The zero-order chi connectivity index (χ0) is 12.1. The normalized spacial score (nSPS) is 15.8. The van der Waals surface area contributed by atoms with Crippen molar-refractivity contribution in [2.45, 2.75) is 25.7 Å². The number of halogens is 1. The molecular weight excluding hydrogens is 282 g/mol. The van der Waals surface area contributed by atoms with Gasteiger partial charge in [-0.1, -0.05) is 12.8 Å². The highest BCUT2D eigenvalue weighted by Crippen LogP contribution is 2.23. The summed E-state index contributed by atoms with van der Waals surface area (Å²) in [6.45, 7) is 0.766. The number of hydrogen-bond acceptors (Lipinski definition) is 2. The summed E-state index contributed by atoms with van der Waals surface area (Å²) in [4.78, 5) is 15.7. The van der Waals surface area contributed by atoms with Crippen LogP contribution >= 0.6 is 15.9 Å². The fourth-order valence-corrected chi connectivity index (χ4v) is 2.30. The molecule has 0 spiro atoms. The van der Waals surface area contributed by atoms with E-state index in [0.717, 1.165) is 11.0 Å². The lowest BCUT2D eigenvalue weighted by Gasteiger charge is -2.11. The molecule has 1 aromatic heterocycles. The Kier molecular flexibility index (Phi) is 4.36. The van der Waals surface area contributed by atoms with Gasteiger partial charge >= 0.3 is 6.03 Å². The van der Waals surface area contributed by atoms with E-state index >= 15 is 0 Å². The van der Waals surface area contributed by atoms with Crippen LogP contribution in [0.5, 0.6) is 0 Å². The van der Waals surface area contributed by atoms with Crippen molar-refractivity contribution in [3.05, 3.63) is 22.8 Å². The minimum Gasteiger partial charge on any atom is -0.338 e. The first kappa shape index (κ1) is 12.4. The average Bonchev–Trinajstić information content (AvgIpc) is 2.83. The number of anilines is 1. The van der Waals surface area contributed by atoms with Crippen LogP contribution in [0.15, 0.2) is 22.8 Å². The number of hydrogen-bond donors (Lipinski definition) is 2. The molecule has 1 aliphatic rings. The molecule has 1 saturated carbocycles. The van der Waals surface area contributed by atoms with Crippen molar-refractivity contribution in [3.8, 4) is 0 Å². The van der Waals surface area contributed by atoms with Gasteiger partial charge < -0.3 is 5.32 Å². The maximum atomic E-state index is 11.6. The van der Waals surface area contributed by atoms with E-state index in [1.807, 2.05) is 6.07 Å². The van der Waals surface area contributed by atoms with Crippen molar-refractivity contribution in [3.63, 3.8) is 0 Å². The van der Waals surface area contributed by atoms with E-state index in [1.54, 1.807) is 12.3 Å². The van der Waals surface area contributed by atoms with Gasteiger partial charge in [-0.3, -0.25) is 5.32 Å². The number of urea groups is 1. The highest BCUT2D eigenvalue weighted by atomic mass is 79.9. The fourth-order valence-electron chi connectivity index (χ4n) is 2.06. The van der Waals surface area contributed by atoms with Crippen molar-refractivity contribution < 1.29 is 4.79 Å². The van der Waals surface area contributed by atoms with Crippen LogP contribution < -0.4 is 10.6 Å². The molecule has 17 heavy (non-hydrogen) atoms. The molecule has 0 bridgehead atoms. The molecule has 0 radical (unpaired) electrons. The highest BCUT2D eigenvalue weighted by molar-refractivity contribution is 9.10. The Morgan fingerprint density at radius 3 is 2.82 bits per heavy atom. The average molecular weight is 298 g/mol. The van der Waals surface area contributed by atoms with Crippen molar-refractivity contribution in [1.82, 2.24) is 10.3 Å². The zero-order valence-electron chi connectivity index (χ0n) is 9.58. The van der Waals surface area contributed by atoms with E-state index in [1.165, 1.54) is 25.7 Å². The summed E-state index contributed by atoms with van der Waals surface area (Å²) in [5.41, 5.74) is 0. The SMILES string of the molecule is O=C(NCC1CCCC1)Nc1ccc(Br)cn1. The molecule has 0 saturated heterocycles. The summed E-state index contributed by atoms with van der Waals surface area (Å²) in [5.74, 6) is 1.22. The summed E-state index contributed by atoms with van der Waals surface area (Å²) < 4.78 is 0.898. The van der Waals surface area contributed by atoms with Crippen LogP contribution in [0, 0.1) is 5.92 Å². The zero-order valence-corrected chi connectivity index (χ0v) is 11.2. The molecule has 5 heteroatoms. The lowest BCUT2D eigenvalue weighted by Crippen LogP contribution is -2.32. The maximum absolute atomic E-state index is 11.6. The van der Waals surface area contributed by atoms with Crippen LogP contribution in [-0.2, 0) is 0 Å². The number of aromatic nitrogens is 1. The van der Waals surface area contributed by atoms with Crippen LogP contribution in [0.2, 0.25) is 0 Å². The Hall–Kier alpha value is -1.10. The third-order valence-electron chi connectivity index (χ3n) is 3.00. The monoisotopic (exact) mass is 297 g/mol. The maximum Gasteiger partial charge on any atom is 0.320 e. The van der Waals surface area contributed by atoms with Gasteiger partial charge in [0.2, 0.25) is 0 Å². The molecule has 92 valence electrons. The number of carbonyl (C=O) groups is 1. The third-order valence-corrected chi connectivity index (χ3v) is 3.46. The van der Waals surface area contributed by atoms with Gasteiger partial charge in [0.1, 0.15) is 5.82 Å². The van der Waals surface area contributed by atoms with Crippen molar-refractivity contribution >= 4 is 27.8 Å². The smallest absolute Gasteiger partial charge is 0.320 e. The summed E-state index contributed by atoms with van der Waals surface area (Å²) in [5, 5.41) is 5.60. The van der Waals surface area contributed by atoms with Gasteiger partial charge in [0.25, 0.3) is 0 Å². The summed E-state index contributed by atoms with van der Waals surface area (Å²) in [6.07, 6.45) is 6.71. The second-order valence-corrected chi connectivity index (χ2v) is 5.26. The molecule has 1 aromatic rings. The second kappa shape index (κ2) is 6.00. The molecule has 2 rings (SSSR count).